The van der Waals surface area contributed by atoms with Crippen molar-refractivity contribution >= 4 is 5.78 Å². The minimum atomic E-state index is -0.363. The van der Waals surface area contributed by atoms with E-state index in [1.165, 1.54) is 18.2 Å². The molecule has 0 atom stereocenters. The van der Waals surface area contributed by atoms with Crippen LogP contribution in [0.4, 0.5) is 4.39 Å². The number of halogens is 1. The lowest BCUT2D eigenvalue weighted by atomic mass is 9.97. The second kappa shape index (κ2) is 4.89. The summed E-state index contributed by atoms with van der Waals surface area (Å²) in [6.45, 7) is -0.0779. The van der Waals surface area contributed by atoms with Crippen LogP contribution in [-0.4, -0.2) is 12.3 Å². The zero-order valence-electron chi connectivity index (χ0n) is 9.19. The van der Waals surface area contributed by atoms with Crippen molar-refractivity contribution in [3.05, 3.63) is 59.9 Å². The molecule has 0 aliphatic heterocycles. The standard InChI is InChI=1S/C14H12FNO/c15-11-6-7-12(14(17)9-16)13(8-11)10-4-2-1-3-5-10/h1-8H,9,16H2. The van der Waals surface area contributed by atoms with E-state index >= 15 is 0 Å². The van der Waals surface area contributed by atoms with Gasteiger partial charge in [-0.1, -0.05) is 30.3 Å². The molecular weight excluding hydrogens is 217 g/mol. The molecule has 2 nitrogen and oxygen atoms in total. The summed E-state index contributed by atoms with van der Waals surface area (Å²) in [7, 11) is 0. The molecule has 0 fully saturated rings. The van der Waals surface area contributed by atoms with Crippen LogP contribution in [0.3, 0.4) is 0 Å². The van der Waals surface area contributed by atoms with Crippen molar-refractivity contribution < 1.29 is 9.18 Å². The minimum absolute atomic E-state index is 0.0779. The van der Waals surface area contributed by atoms with Crippen LogP contribution in [-0.2, 0) is 0 Å². The van der Waals surface area contributed by atoms with Crippen molar-refractivity contribution in [1.82, 2.24) is 0 Å². The van der Waals surface area contributed by atoms with Gasteiger partial charge in [-0.2, -0.15) is 0 Å². The average molecular weight is 229 g/mol. The number of ketones is 1. The fourth-order valence-electron chi connectivity index (χ4n) is 1.73. The first-order chi connectivity index (χ1) is 8.22. The lowest BCUT2D eigenvalue weighted by Crippen LogP contribution is -2.14. The Morgan fingerprint density at radius 2 is 1.82 bits per heavy atom. The maximum Gasteiger partial charge on any atom is 0.177 e. The monoisotopic (exact) mass is 229 g/mol. The second-order valence-electron chi connectivity index (χ2n) is 3.68. The molecule has 2 rings (SSSR count). The zero-order valence-corrected chi connectivity index (χ0v) is 9.19. The van der Waals surface area contributed by atoms with Crippen LogP contribution in [0.1, 0.15) is 10.4 Å². The maximum atomic E-state index is 13.3. The first-order valence-electron chi connectivity index (χ1n) is 5.30. The highest BCUT2D eigenvalue weighted by molar-refractivity contribution is 6.03. The second-order valence-corrected chi connectivity index (χ2v) is 3.68. The summed E-state index contributed by atoms with van der Waals surface area (Å²) in [5, 5.41) is 0. The largest absolute Gasteiger partial charge is 0.324 e. The summed E-state index contributed by atoms with van der Waals surface area (Å²) in [6, 6.07) is 13.3. The molecule has 0 aliphatic rings. The Bertz CT molecular complexity index is 537. The molecule has 0 aromatic heterocycles. The Hall–Kier alpha value is -2.00. The van der Waals surface area contributed by atoms with Crippen LogP contribution in [0.5, 0.6) is 0 Å². The average Bonchev–Trinajstić information content (AvgIpc) is 2.39. The molecule has 0 amide bonds. The number of carbonyl (C=O) groups is 1. The molecule has 2 aromatic carbocycles. The van der Waals surface area contributed by atoms with Gasteiger partial charge in [0.15, 0.2) is 5.78 Å². The summed E-state index contributed by atoms with van der Waals surface area (Å²) in [6.07, 6.45) is 0. The molecule has 0 bridgehead atoms. The van der Waals surface area contributed by atoms with E-state index in [1.54, 1.807) is 0 Å². The van der Waals surface area contributed by atoms with E-state index in [9.17, 15) is 9.18 Å². The van der Waals surface area contributed by atoms with Gasteiger partial charge in [-0.3, -0.25) is 4.79 Å². The van der Waals surface area contributed by atoms with Crippen LogP contribution in [0, 0.1) is 5.82 Å². The zero-order chi connectivity index (χ0) is 12.3. The summed E-state index contributed by atoms with van der Waals surface area (Å²) in [5.74, 6) is -0.554. The Morgan fingerprint density at radius 1 is 1.12 bits per heavy atom. The number of benzene rings is 2. The maximum absolute atomic E-state index is 13.3. The van der Waals surface area contributed by atoms with Crippen LogP contribution >= 0.6 is 0 Å². The van der Waals surface area contributed by atoms with Crippen LogP contribution in [0.25, 0.3) is 11.1 Å². The van der Waals surface area contributed by atoms with E-state index < -0.39 is 0 Å². The van der Waals surface area contributed by atoms with Crippen LogP contribution < -0.4 is 5.73 Å². The normalized spacial score (nSPS) is 10.2. The molecule has 2 N–H and O–H groups in total. The van der Waals surface area contributed by atoms with Gasteiger partial charge in [0.2, 0.25) is 0 Å². The molecule has 2 aromatic rings. The van der Waals surface area contributed by atoms with Crippen LogP contribution in [0.15, 0.2) is 48.5 Å². The van der Waals surface area contributed by atoms with Gasteiger partial charge in [0.1, 0.15) is 5.82 Å². The highest BCUT2D eigenvalue weighted by atomic mass is 19.1. The molecule has 0 saturated carbocycles. The van der Waals surface area contributed by atoms with E-state index in [0.717, 1.165) is 5.56 Å². The molecule has 0 radical (unpaired) electrons. The molecule has 17 heavy (non-hydrogen) atoms. The number of nitrogens with two attached hydrogens (primary N) is 1. The van der Waals surface area contributed by atoms with Gasteiger partial charge in [-0.25, -0.2) is 4.39 Å². The van der Waals surface area contributed by atoms with Gasteiger partial charge in [-0.05, 0) is 29.3 Å². The predicted octanol–water partition coefficient (Wildman–Crippen LogP) is 2.63. The first-order valence-corrected chi connectivity index (χ1v) is 5.30. The van der Waals surface area contributed by atoms with E-state index in [0.29, 0.717) is 11.1 Å². The molecule has 0 heterocycles. The lowest BCUT2D eigenvalue weighted by Gasteiger charge is -2.08. The third-order valence-electron chi connectivity index (χ3n) is 2.55. The molecule has 0 saturated heterocycles. The third kappa shape index (κ3) is 2.40. The Morgan fingerprint density at radius 3 is 2.47 bits per heavy atom. The molecule has 0 spiro atoms. The smallest absolute Gasteiger partial charge is 0.177 e. The number of hydrogen-bond donors (Lipinski definition) is 1. The van der Waals surface area contributed by atoms with Gasteiger partial charge in [0.05, 0.1) is 6.54 Å². The van der Waals surface area contributed by atoms with Gasteiger partial charge >= 0.3 is 0 Å². The molecular formula is C14H12FNO. The molecule has 0 unspecified atom stereocenters. The first kappa shape index (κ1) is 11.5. The summed E-state index contributed by atoms with van der Waals surface area (Å²) >= 11 is 0. The van der Waals surface area contributed by atoms with Crippen LogP contribution in [0.2, 0.25) is 0 Å². The van der Waals surface area contributed by atoms with Gasteiger partial charge in [0, 0.05) is 5.56 Å². The van der Waals surface area contributed by atoms with E-state index in [2.05, 4.69) is 0 Å². The topological polar surface area (TPSA) is 43.1 Å². The Kier molecular flexibility index (Phi) is 3.30. The van der Waals surface area contributed by atoms with E-state index in [-0.39, 0.29) is 18.1 Å². The Balaban J connectivity index is 2.59. The Labute approximate surface area is 98.9 Å². The fourth-order valence-corrected chi connectivity index (χ4v) is 1.73. The number of hydrogen-bond acceptors (Lipinski definition) is 2. The van der Waals surface area contributed by atoms with Crippen molar-refractivity contribution in [3.63, 3.8) is 0 Å². The highest BCUT2D eigenvalue weighted by Crippen LogP contribution is 2.24. The fraction of sp³-hybridized carbons (Fsp3) is 0.0714. The molecule has 0 aliphatic carbocycles. The van der Waals surface area contributed by atoms with Crippen molar-refractivity contribution in [2.24, 2.45) is 5.73 Å². The van der Waals surface area contributed by atoms with Gasteiger partial charge < -0.3 is 5.73 Å². The highest BCUT2D eigenvalue weighted by Gasteiger charge is 2.12. The van der Waals surface area contributed by atoms with Crippen molar-refractivity contribution in [3.8, 4) is 11.1 Å². The van der Waals surface area contributed by atoms with Gasteiger partial charge in [0.25, 0.3) is 0 Å². The number of Topliss-reactive ketones (excluding diaryl/α,β-unsaturated/α-hetero) is 1. The summed E-state index contributed by atoms with van der Waals surface area (Å²) < 4.78 is 13.3. The van der Waals surface area contributed by atoms with Crippen molar-refractivity contribution in [2.45, 2.75) is 0 Å². The molecule has 3 heteroatoms. The summed E-state index contributed by atoms with van der Waals surface area (Å²) in [4.78, 5) is 11.7. The number of rotatable bonds is 3. The minimum Gasteiger partial charge on any atom is -0.324 e. The SMILES string of the molecule is NCC(=O)c1ccc(F)cc1-c1ccccc1. The number of carbonyl (C=O) groups excluding carboxylic acids is 1. The van der Waals surface area contributed by atoms with Gasteiger partial charge in [-0.15, -0.1) is 0 Å². The molecule has 86 valence electrons. The lowest BCUT2D eigenvalue weighted by molar-refractivity contribution is 0.100. The predicted molar refractivity (Wildman–Crippen MR) is 65.2 cm³/mol. The van der Waals surface area contributed by atoms with Crippen molar-refractivity contribution in [2.75, 3.05) is 6.54 Å². The third-order valence-corrected chi connectivity index (χ3v) is 2.55. The van der Waals surface area contributed by atoms with E-state index in [1.807, 2.05) is 30.3 Å². The quantitative estimate of drug-likeness (QED) is 0.822. The van der Waals surface area contributed by atoms with E-state index in [4.69, 9.17) is 5.73 Å². The van der Waals surface area contributed by atoms with Crippen molar-refractivity contribution in [1.29, 1.82) is 0 Å². The summed E-state index contributed by atoms with van der Waals surface area (Å²) in [5.41, 5.74) is 7.20.